The molecule has 0 radical (unpaired) electrons. The molecule has 35 heavy (non-hydrogen) atoms. The summed E-state index contributed by atoms with van der Waals surface area (Å²) in [6, 6.07) is 4.91. The first-order valence-corrected chi connectivity index (χ1v) is 12.0. The van der Waals surface area contributed by atoms with Gasteiger partial charge in [-0.1, -0.05) is 23.4 Å². The van der Waals surface area contributed by atoms with E-state index < -0.39 is 5.82 Å². The van der Waals surface area contributed by atoms with Gasteiger partial charge in [0, 0.05) is 48.2 Å². The van der Waals surface area contributed by atoms with Crippen LogP contribution in [0.4, 0.5) is 10.3 Å². The molecule has 0 aliphatic carbocycles. The Kier molecular flexibility index (Phi) is 8.97. The largest absolute Gasteiger partial charge is 0.395 e. The van der Waals surface area contributed by atoms with Crippen molar-refractivity contribution in [2.75, 3.05) is 58.5 Å². The number of aromatic nitrogens is 2. The fourth-order valence-corrected chi connectivity index (χ4v) is 4.13. The lowest BCUT2D eigenvalue weighted by Gasteiger charge is -2.32. The van der Waals surface area contributed by atoms with Gasteiger partial charge in [-0.25, -0.2) is 14.4 Å². The predicted molar refractivity (Wildman–Crippen MR) is 131 cm³/mol. The van der Waals surface area contributed by atoms with Crippen molar-refractivity contribution in [1.82, 2.24) is 14.9 Å². The van der Waals surface area contributed by atoms with Crippen molar-refractivity contribution in [3.8, 4) is 11.1 Å². The van der Waals surface area contributed by atoms with Crippen LogP contribution in [-0.2, 0) is 20.9 Å². The second-order valence-electron chi connectivity index (χ2n) is 9.28. The van der Waals surface area contributed by atoms with Gasteiger partial charge >= 0.3 is 0 Å². The smallest absolute Gasteiger partial charge is 0.225 e. The monoisotopic (exact) mass is 487 g/mol. The molecule has 10 heteroatoms. The average molecular weight is 488 g/mol. The first-order chi connectivity index (χ1) is 17.0. The Morgan fingerprint density at radius 2 is 2.03 bits per heavy atom. The Balaban J connectivity index is 1.25. The third-order valence-corrected chi connectivity index (χ3v) is 6.01. The number of aliphatic hydroxyl groups excluding tert-OH is 1. The van der Waals surface area contributed by atoms with Crippen LogP contribution in [0.25, 0.3) is 11.1 Å². The van der Waals surface area contributed by atoms with Crippen LogP contribution in [0.15, 0.2) is 35.7 Å². The summed E-state index contributed by atoms with van der Waals surface area (Å²) in [7, 11) is 4.06. The number of aliphatic hydroxyl groups is 1. The summed E-state index contributed by atoms with van der Waals surface area (Å²) in [6.45, 7) is 3.46. The van der Waals surface area contributed by atoms with Gasteiger partial charge < -0.3 is 29.2 Å². The number of halogens is 1. The minimum Gasteiger partial charge on any atom is -0.395 e. The SMILES string of the molecule is CN(C)CC(CON=C1CN(c2ncc(-c3cccc(CO)c3F)cn2)C1)COC1CCCCO1. The Labute approximate surface area is 205 Å². The van der Waals surface area contributed by atoms with Crippen molar-refractivity contribution in [1.29, 1.82) is 0 Å². The molecule has 2 saturated heterocycles. The predicted octanol–water partition coefficient (Wildman–Crippen LogP) is 2.69. The number of ether oxygens (including phenoxy) is 2. The average Bonchev–Trinajstić information content (AvgIpc) is 2.84. The minimum atomic E-state index is -0.453. The summed E-state index contributed by atoms with van der Waals surface area (Å²) in [5.41, 5.74) is 2.09. The Morgan fingerprint density at radius 3 is 2.71 bits per heavy atom. The van der Waals surface area contributed by atoms with E-state index in [1.54, 1.807) is 30.6 Å². The fourth-order valence-electron chi connectivity index (χ4n) is 4.13. The van der Waals surface area contributed by atoms with E-state index in [2.05, 4.69) is 20.0 Å². The van der Waals surface area contributed by atoms with Gasteiger partial charge in [-0.3, -0.25) is 0 Å². The molecule has 1 aromatic heterocycles. The zero-order valence-corrected chi connectivity index (χ0v) is 20.4. The molecule has 190 valence electrons. The Hall–Kier alpha value is -2.66. The third kappa shape index (κ3) is 6.94. The maximum atomic E-state index is 14.5. The van der Waals surface area contributed by atoms with E-state index in [1.165, 1.54) is 0 Å². The number of nitrogens with zero attached hydrogens (tertiary/aromatic N) is 5. The molecule has 0 spiro atoms. The zero-order chi connectivity index (χ0) is 24.6. The zero-order valence-electron chi connectivity index (χ0n) is 20.4. The van der Waals surface area contributed by atoms with Gasteiger partial charge in [0.15, 0.2) is 6.29 Å². The first-order valence-electron chi connectivity index (χ1n) is 12.0. The summed E-state index contributed by atoms with van der Waals surface area (Å²) in [6.07, 6.45) is 6.27. The van der Waals surface area contributed by atoms with Gasteiger partial charge in [-0.05, 0) is 33.4 Å². The second-order valence-corrected chi connectivity index (χ2v) is 9.28. The molecule has 2 aliphatic heterocycles. The molecular weight excluding hydrogens is 453 g/mol. The minimum absolute atomic E-state index is 0.110. The summed E-state index contributed by atoms with van der Waals surface area (Å²) >= 11 is 0. The Bertz CT molecular complexity index is 974. The lowest BCUT2D eigenvalue weighted by Crippen LogP contribution is -2.48. The number of hydrogen-bond donors (Lipinski definition) is 1. The van der Waals surface area contributed by atoms with Crippen molar-refractivity contribution in [3.63, 3.8) is 0 Å². The molecule has 1 aromatic carbocycles. The molecule has 2 unspecified atom stereocenters. The van der Waals surface area contributed by atoms with E-state index in [1.807, 2.05) is 19.0 Å². The molecule has 0 saturated carbocycles. The number of hydrogen-bond acceptors (Lipinski definition) is 9. The molecule has 2 atom stereocenters. The van der Waals surface area contributed by atoms with Crippen LogP contribution in [0, 0.1) is 11.7 Å². The van der Waals surface area contributed by atoms with E-state index in [4.69, 9.17) is 14.3 Å². The fraction of sp³-hybridized carbons (Fsp3) is 0.560. The molecule has 0 bridgehead atoms. The van der Waals surface area contributed by atoms with E-state index >= 15 is 0 Å². The highest BCUT2D eigenvalue weighted by atomic mass is 19.1. The van der Waals surface area contributed by atoms with Crippen LogP contribution < -0.4 is 4.90 Å². The van der Waals surface area contributed by atoms with Crippen LogP contribution >= 0.6 is 0 Å². The second kappa shape index (κ2) is 12.3. The van der Waals surface area contributed by atoms with Crippen LogP contribution in [0.3, 0.4) is 0 Å². The molecule has 2 aromatic rings. The molecule has 3 heterocycles. The van der Waals surface area contributed by atoms with E-state index in [-0.39, 0.29) is 24.4 Å². The molecule has 2 fully saturated rings. The first kappa shape index (κ1) is 25.4. The quantitative estimate of drug-likeness (QED) is 0.484. The van der Waals surface area contributed by atoms with E-state index in [9.17, 15) is 9.50 Å². The maximum Gasteiger partial charge on any atom is 0.225 e. The highest BCUT2D eigenvalue weighted by molar-refractivity contribution is 5.98. The van der Waals surface area contributed by atoms with Gasteiger partial charge in [-0.2, -0.15) is 0 Å². The standard InChI is InChI=1S/C25H34FN5O4/c1-30(2)12-18(16-34-23-8-3-4-9-33-23)17-35-29-21-13-31(14-21)25-27-10-20(11-28-25)22-7-5-6-19(15-32)24(22)26/h5-7,10-11,18,23,32H,3-4,8-9,12-17H2,1-2H3. The molecular formula is C25H34FN5O4. The molecule has 1 N–H and O–H groups in total. The summed E-state index contributed by atoms with van der Waals surface area (Å²) in [4.78, 5) is 18.5. The van der Waals surface area contributed by atoms with Crippen molar-refractivity contribution in [3.05, 3.63) is 42.0 Å². The van der Waals surface area contributed by atoms with Gasteiger partial charge in [0.2, 0.25) is 5.95 Å². The summed E-state index contributed by atoms with van der Waals surface area (Å²) < 4.78 is 26.1. The van der Waals surface area contributed by atoms with Crippen molar-refractivity contribution >= 4 is 11.7 Å². The third-order valence-electron chi connectivity index (χ3n) is 6.01. The molecule has 4 rings (SSSR count). The lowest BCUT2D eigenvalue weighted by atomic mass is 10.1. The van der Waals surface area contributed by atoms with Gasteiger partial charge in [0.25, 0.3) is 0 Å². The van der Waals surface area contributed by atoms with Crippen molar-refractivity contribution in [2.24, 2.45) is 11.1 Å². The topological polar surface area (TPSA) is 92.5 Å². The van der Waals surface area contributed by atoms with Gasteiger partial charge in [0.05, 0.1) is 32.0 Å². The Morgan fingerprint density at radius 1 is 1.23 bits per heavy atom. The van der Waals surface area contributed by atoms with E-state index in [0.717, 1.165) is 38.1 Å². The normalized spacial score (nSPS) is 18.9. The van der Waals surface area contributed by atoms with Gasteiger partial charge in [0.1, 0.15) is 12.4 Å². The molecule has 2 aliphatic rings. The number of benzene rings is 1. The number of oxime groups is 1. The van der Waals surface area contributed by atoms with Crippen LogP contribution in [0.5, 0.6) is 0 Å². The number of anilines is 1. The van der Waals surface area contributed by atoms with E-state index in [0.29, 0.717) is 43.4 Å². The summed E-state index contributed by atoms with van der Waals surface area (Å²) in [5, 5.41) is 13.6. The summed E-state index contributed by atoms with van der Waals surface area (Å²) in [5.74, 6) is 0.292. The van der Waals surface area contributed by atoms with Crippen molar-refractivity contribution in [2.45, 2.75) is 32.2 Å². The van der Waals surface area contributed by atoms with Crippen molar-refractivity contribution < 1.29 is 23.8 Å². The number of rotatable bonds is 11. The molecule has 9 nitrogen and oxygen atoms in total. The van der Waals surface area contributed by atoms with Crippen LogP contribution in [0.1, 0.15) is 24.8 Å². The highest BCUT2D eigenvalue weighted by Gasteiger charge is 2.26. The van der Waals surface area contributed by atoms with Crippen LogP contribution in [-0.4, -0.2) is 85.5 Å². The highest BCUT2D eigenvalue weighted by Crippen LogP contribution is 2.25. The van der Waals surface area contributed by atoms with Crippen LogP contribution in [0.2, 0.25) is 0 Å². The maximum absolute atomic E-state index is 14.5. The molecule has 0 amide bonds. The van der Waals surface area contributed by atoms with Gasteiger partial charge in [-0.15, -0.1) is 0 Å². The lowest BCUT2D eigenvalue weighted by molar-refractivity contribution is -0.172.